The van der Waals surface area contributed by atoms with Gasteiger partial charge in [0.2, 0.25) is 0 Å². The average Bonchev–Trinajstić information content (AvgIpc) is 3.14. The number of thiazole rings is 1. The molecule has 0 spiro atoms. The molecule has 0 saturated carbocycles. The van der Waals surface area contributed by atoms with Crippen molar-refractivity contribution in [3.63, 3.8) is 0 Å². The Bertz CT molecular complexity index is 923. The molecule has 0 amide bonds. The van der Waals surface area contributed by atoms with E-state index in [0.717, 1.165) is 21.8 Å². The smallest absolute Gasteiger partial charge is 0.296 e. The van der Waals surface area contributed by atoms with Gasteiger partial charge in [0.25, 0.3) is 12.5 Å². The van der Waals surface area contributed by atoms with E-state index in [1.54, 1.807) is 31.0 Å². The van der Waals surface area contributed by atoms with Crippen molar-refractivity contribution in [1.82, 2.24) is 9.55 Å². The third-order valence-electron chi connectivity index (χ3n) is 3.86. The molecule has 2 heterocycles. The van der Waals surface area contributed by atoms with E-state index in [1.165, 1.54) is 28.0 Å². The predicted octanol–water partition coefficient (Wildman–Crippen LogP) is 2.55. The van der Waals surface area contributed by atoms with Gasteiger partial charge in [-0.25, -0.2) is 13.9 Å². The quantitative estimate of drug-likeness (QED) is 0.741. The molecule has 3 aromatic rings. The number of aromatic nitrogens is 3. The number of imidazole rings is 1. The van der Waals surface area contributed by atoms with Crippen LogP contribution in [0.3, 0.4) is 0 Å². The van der Waals surface area contributed by atoms with Crippen molar-refractivity contribution in [2.24, 2.45) is 7.05 Å². The van der Waals surface area contributed by atoms with Crippen molar-refractivity contribution in [3.05, 3.63) is 58.2 Å². The summed E-state index contributed by atoms with van der Waals surface area (Å²) in [5.41, 5.74) is 4.68. The Morgan fingerprint density at radius 1 is 1.50 bits per heavy atom. The van der Waals surface area contributed by atoms with Gasteiger partial charge in [0, 0.05) is 16.9 Å². The summed E-state index contributed by atoms with van der Waals surface area (Å²) >= 11 is 1.50. The Labute approximate surface area is 142 Å². The maximum absolute atomic E-state index is 13.5. The molecule has 0 radical (unpaired) electrons. The first-order valence-corrected chi connectivity index (χ1v) is 8.24. The molecule has 122 valence electrons. The van der Waals surface area contributed by atoms with Crippen LogP contribution in [0.1, 0.15) is 29.2 Å². The monoisotopic (exact) mass is 343 g/mol. The van der Waals surface area contributed by atoms with E-state index in [4.69, 9.17) is 5.26 Å². The van der Waals surface area contributed by atoms with Gasteiger partial charge in [-0.2, -0.15) is 0 Å². The first-order chi connectivity index (χ1) is 11.5. The Morgan fingerprint density at radius 2 is 2.29 bits per heavy atom. The first kappa shape index (κ1) is 16.3. The minimum Gasteiger partial charge on any atom is -0.389 e. The highest BCUT2D eigenvalue weighted by Gasteiger charge is 2.19. The van der Waals surface area contributed by atoms with E-state index < -0.39 is 6.10 Å². The molecule has 1 aromatic carbocycles. The number of aliphatic hydroxyl groups excluding tert-OH is 1. The van der Waals surface area contributed by atoms with Crippen LogP contribution in [-0.2, 0) is 13.5 Å². The number of nitrogens with zero attached hydrogens (tertiary/aromatic N) is 4. The van der Waals surface area contributed by atoms with Crippen LogP contribution in [0.15, 0.2) is 36.2 Å². The summed E-state index contributed by atoms with van der Waals surface area (Å²) in [5.74, 6) is -0.385. The normalized spacial score (nSPS) is 12.1. The molecule has 2 aromatic heterocycles. The molecule has 0 unspecified atom stereocenters. The van der Waals surface area contributed by atoms with Gasteiger partial charge >= 0.3 is 0 Å². The Balaban J connectivity index is 2.03. The van der Waals surface area contributed by atoms with Gasteiger partial charge in [0.05, 0.1) is 24.4 Å². The summed E-state index contributed by atoms with van der Waals surface area (Å²) in [4.78, 5) is 5.41. The fraction of sp³-hybridized carbons (Fsp3) is 0.235. The second-order valence-electron chi connectivity index (χ2n) is 5.56. The van der Waals surface area contributed by atoms with Crippen LogP contribution in [0, 0.1) is 17.3 Å². The number of halogens is 1. The minimum atomic E-state index is -0.791. The lowest BCUT2D eigenvalue weighted by atomic mass is 9.99. The number of hydrogen-bond acceptors (Lipinski definition) is 4. The molecule has 0 fully saturated rings. The fourth-order valence-corrected chi connectivity index (χ4v) is 3.44. The number of aryl methyl sites for hydroxylation is 1. The molecule has 0 aliphatic carbocycles. The zero-order valence-corrected chi connectivity index (χ0v) is 14.1. The van der Waals surface area contributed by atoms with Gasteiger partial charge in [-0.15, -0.1) is 21.2 Å². The second-order valence-corrected chi connectivity index (χ2v) is 6.50. The first-order valence-electron chi connectivity index (χ1n) is 7.36. The number of rotatable bonds is 4. The van der Waals surface area contributed by atoms with Crippen LogP contribution in [0.2, 0.25) is 0 Å². The lowest BCUT2D eigenvalue weighted by Gasteiger charge is -2.12. The van der Waals surface area contributed by atoms with Crippen LogP contribution in [0.25, 0.3) is 11.3 Å². The van der Waals surface area contributed by atoms with Crippen LogP contribution in [-0.4, -0.2) is 14.7 Å². The molecule has 0 aliphatic rings. The van der Waals surface area contributed by atoms with Crippen LogP contribution in [0.5, 0.6) is 0 Å². The molecule has 0 bridgehead atoms. The molecule has 0 saturated heterocycles. The van der Waals surface area contributed by atoms with Gasteiger partial charge in [-0.1, -0.05) is 0 Å². The zero-order chi connectivity index (χ0) is 17.3. The van der Waals surface area contributed by atoms with E-state index in [2.05, 4.69) is 11.2 Å². The molecule has 1 N–H and O–H groups in total. The summed E-state index contributed by atoms with van der Waals surface area (Å²) in [6.07, 6.45) is 5.33. The Morgan fingerprint density at radius 3 is 2.96 bits per heavy atom. The highest BCUT2D eigenvalue weighted by molar-refractivity contribution is 7.10. The van der Waals surface area contributed by atoms with Gasteiger partial charge in [0.15, 0.2) is 0 Å². The van der Waals surface area contributed by atoms with Crippen molar-refractivity contribution in [2.45, 2.75) is 19.4 Å². The average molecular weight is 343 g/mol. The maximum atomic E-state index is 13.5. The minimum absolute atomic E-state index is 0.385. The second kappa shape index (κ2) is 6.51. The standard InChI is InChI=1S/C17H16FN4OS/c1-11(23)15-5-12(18)3-4-14(15)17-16(24-9-20-17)6-13-7-22(8-19)10-21(13)2/h3-5,7,9-11,23H,6H2,1-2H3/q+1/t11-/m1/s1. The van der Waals surface area contributed by atoms with Crippen LogP contribution >= 0.6 is 11.3 Å². The Hall–Kier alpha value is -2.56. The largest absolute Gasteiger partial charge is 0.389 e. The number of hydrogen-bond donors (Lipinski definition) is 1. The van der Waals surface area contributed by atoms with Crippen molar-refractivity contribution in [2.75, 3.05) is 0 Å². The lowest BCUT2D eigenvalue weighted by molar-refractivity contribution is -0.677. The van der Waals surface area contributed by atoms with Crippen molar-refractivity contribution in [3.8, 4) is 17.5 Å². The molecule has 1 atom stereocenters. The van der Waals surface area contributed by atoms with E-state index in [-0.39, 0.29) is 5.82 Å². The lowest BCUT2D eigenvalue weighted by Crippen LogP contribution is -2.30. The van der Waals surface area contributed by atoms with E-state index >= 15 is 0 Å². The summed E-state index contributed by atoms with van der Waals surface area (Å²) in [7, 11) is 1.88. The number of aliphatic hydroxyl groups is 1. The fourth-order valence-electron chi connectivity index (χ4n) is 2.65. The molecule has 0 aliphatic heterocycles. The van der Waals surface area contributed by atoms with Crippen molar-refractivity contribution >= 4 is 11.3 Å². The van der Waals surface area contributed by atoms with E-state index in [0.29, 0.717) is 12.0 Å². The van der Waals surface area contributed by atoms with E-state index in [1.807, 2.05) is 11.6 Å². The van der Waals surface area contributed by atoms with Gasteiger partial charge < -0.3 is 5.11 Å². The molecule has 24 heavy (non-hydrogen) atoms. The molecule has 3 rings (SSSR count). The van der Waals surface area contributed by atoms with Crippen molar-refractivity contribution < 1.29 is 14.1 Å². The molecule has 5 nitrogen and oxygen atoms in total. The maximum Gasteiger partial charge on any atom is 0.296 e. The summed E-state index contributed by atoms with van der Waals surface area (Å²) in [6.45, 7) is 1.61. The van der Waals surface area contributed by atoms with Crippen LogP contribution < -0.4 is 4.57 Å². The number of nitriles is 1. The van der Waals surface area contributed by atoms with Gasteiger partial charge in [0.1, 0.15) is 17.7 Å². The van der Waals surface area contributed by atoms with Gasteiger partial charge in [-0.05, 0) is 30.7 Å². The third kappa shape index (κ3) is 3.07. The summed E-state index contributed by atoms with van der Waals surface area (Å²) in [6, 6.07) is 4.36. The van der Waals surface area contributed by atoms with Gasteiger partial charge in [-0.3, -0.25) is 0 Å². The highest BCUT2D eigenvalue weighted by atomic mass is 32.1. The highest BCUT2D eigenvalue weighted by Crippen LogP contribution is 2.33. The SMILES string of the molecule is C[C@@H](O)c1cc(F)ccc1-c1ncsc1Cc1cn(C#N)c[n+]1C. The zero-order valence-electron chi connectivity index (χ0n) is 13.3. The molecular weight excluding hydrogens is 327 g/mol. The molecular formula is C17H16FN4OS+. The third-order valence-corrected chi connectivity index (χ3v) is 4.69. The summed E-state index contributed by atoms with van der Waals surface area (Å²) in [5, 5.41) is 18.9. The molecule has 7 heteroatoms. The number of benzene rings is 1. The Kier molecular flexibility index (Phi) is 4.42. The van der Waals surface area contributed by atoms with Crippen molar-refractivity contribution in [1.29, 1.82) is 5.26 Å². The predicted molar refractivity (Wildman–Crippen MR) is 87.6 cm³/mol. The topological polar surface area (TPSA) is 65.7 Å². The summed E-state index contributed by atoms with van der Waals surface area (Å²) < 4.78 is 16.8. The van der Waals surface area contributed by atoms with E-state index in [9.17, 15) is 9.50 Å². The van der Waals surface area contributed by atoms with Crippen LogP contribution in [0.4, 0.5) is 4.39 Å².